The maximum Gasteiger partial charge on any atom is 0.291 e. The van der Waals surface area contributed by atoms with Crippen molar-refractivity contribution in [3.63, 3.8) is 0 Å². The summed E-state index contributed by atoms with van der Waals surface area (Å²) >= 11 is 0. The highest BCUT2D eigenvalue weighted by Crippen LogP contribution is 2.60. The minimum atomic E-state index is -0.387. The van der Waals surface area contributed by atoms with Gasteiger partial charge in [0.1, 0.15) is 11.5 Å². The monoisotopic (exact) mass is 380 g/mol. The Morgan fingerprint density at radius 2 is 1.82 bits per heavy atom. The van der Waals surface area contributed by atoms with Gasteiger partial charge in [0.25, 0.3) is 5.91 Å². The van der Waals surface area contributed by atoms with Crippen molar-refractivity contribution in [3.8, 4) is 11.5 Å². The highest BCUT2D eigenvalue weighted by atomic mass is 16.3. The number of aromatic hydroxyl groups is 2. The van der Waals surface area contributed by atoms with E-state index in [1.54, 1.807) is 0 Å². The van der Waals surface area contributed by atoms with Crippen LogP contribution in [0.5, 0.6) is 11.5 Å². The first-order valence-corrected chi connectivity index (χ1v) is 9.92. The minimum absolute atomic E-state index is 0.0348. The van der Waals surface area contributed by atoms with Gasteiger partial charge in [-0.1, -0.05) is 0 Å². The summed E-state index contributed by atoms with van der Waals surface area (Å²) in [4.78, 5) is 12.4. The third-order valence-electron chi connectivity index (χ3n) is 6.80. The van der Waals surface area contributed by atoms with Crippen LogP contribution in [0.2, 0.25) is 0 Å². The van der Waals surface area contributed by atoms with Gasteiger partial charge in [-0.25, -0.2) is 5.43 Å². The summed E-state index contributed by atoms with van der Waals surface area (Å²) < 4.78 is 0. The fourth-order valence-corrected chi connectivity index (χ4v) is 6.01. The molecule has 4 aliphatic rings. The summed E-state index contributed by atoms with van der Waals surface area (Å²) in [5.74, 6) is 1.95. The van der Waals surface area contributed by atoms with Crippen molar-refractivity contribution in [2.75, 3.05) is 0 Å². The molecule has 1 amide bonds. The first-order valence-electron chi connectivity index (χ1n) is 9.92. The van der Waals surface area contributed by atoms with Gasteiger partial charge in [0.15, 0.2) is 5.69 Å². The number of phenolic OH excluding ortho intramolecular Hbond substituents is 2. The molecule has 4 bridgehead atoms. The Kier molecular flexibility index (Phi) is 3.92. The summed E-state index contributed by atoms with van der Waals surface area (Å²) in [5, 5.41) is 30.3. The number of hydrogen-bond donors (Lipinski definition) is 4. The van der Waals surface area contributed by atoms with Crippen molar-refractivity contribution in [1.82, 2.24) is 15.6 Å². The van der Waals surface area contributed by atoms with Crippen LogP contribution in [0.1, 0.15) is 60.3 Å². The van der Waals surface area contributed by atoms with Crippen LogP contribution >= 0.6 is 0 Å². The Morgan fingerprint density at radius 1 is 1.14 bits per heavy atom. The molecule has 0 saturated heterocycles. The number of rotatable bonds is 4. The van der Waals surface area contributed by atoms with Crippen LogP contribution in [0.4, 0.5) is 0 Å². The average Bonchev–Trinajstić information content (AvgIpc) is 3.13. The molecule has 0 atom stereocenters. The molecule has 4 N–H and O–H groups in total. The first-order chi connectivity index (χ1) is 13.5. The number of aromatic amines is 1. The van der Waals surface area contributed by atoms with Crippen molar-refractivity contribution in [3.05, 3.63) is 41.2 Å². The summed E-state index contributed by atoms with van der Waals surface area (Å²) in [5.41, 5.74) is 4.44. The molecule has 0 unspecified atom stereocenters. The van der Waals surface area contributed by atoms with E-state index in [1.807, 2.05) is 6.07 Å². The highest BCUT2D eigenvalue weighted by Gasteiger charge is 2.52. The van der Waals surface area contributed by atoms with E-state index in [0.717, 1.165) is 23.4 Å². The Balaban J connectivity index is 1.28. The maximum absolute atomic E-state index is 12.4. The Morgan fingerprint density at radius 3 is 2.46 bits per heavy atom. The summed E-state index contributed by atoms with van der Waals surface area (Å²) in [6.45, 7) is 0. The van der Waals surface area contributed by atoms with Crippen LogP contribution in [0.25, 0.3) is 0 Å². The molecule has 7 heteroatoms. The normalized spacial score (nSPS) is 30.8. The molecule has 0 spiro atoms. The maximum atomic E-state index is 12.4. The fraction of sp³-hybridized carbons (Fsp3) is 0.476. The van der Waals surface area contributed by atoms with Gasteiger partial charge < -0.3 is 10.2 Å². The minimum Gasteiger partial charge on any atom is -0.508 e. The lowest BCUT2D eigenvalue weighted by atomic mass is 9.49. The molecular weight excluding hydrogens is 356 g/mol. The summed E-state index contributed by atoms with van der Waals surface area (Å²) in [7, 11) is 0. The molecule has 28 heavy (non-hydrogen) atoms. The Hall–Kier alpha value is -2.83. The van der Waals surface area contributed by atoms with E-state index in [1.165, 1.54) is 62.9 Å². The lowest BCUT2D eigenvalue weighted by molar-refractivity contribution is -0.00721. The van der Waals surface area contributed by atoms with Crippen LogP contribution in [0.3, 0.4) is 0 Å². The van der Waals surface area contributed by atoms with E-state index in [4.69, 9.17) is 0 Å². The van der Waals surface area contributed by atoms with Gasteiger partial charge in [0, 0.05) is 22.7 Å². The SMILES string of the molecule is O=C(NN=Cc1ccc(O)cc1O)c1cc(C23CC4CC(CC(C4)C2)C3)[nH]n1. The molecule has 6 rings (SSSR count). The van der Waals surface area contributed by atoms with Crippen molar-refractivity contribution in [2.24, 2.45) is 22.9 Å². The van der Waals surface area contributed by atoms with Crippen LogP contribution in [0, 0.1) is 17.8 Å². The molecular formula is C21H24N4O3. The second-order valence-corrected chi connectivity index (χ2v) is 8.81. The van der Waals surface area contributed by atoms with Gasteiger partial charge in [-0.05, 0) is 74.5 Å². The molecule has 1 aromatic carbocycles. The van der Waals surface area contributed by atoms with Gasteiger partial charge in [0.2, 0.25) is 0 Å². The molecule has 0 radical (unpaired) electrons. The Labute approximate surface area is 162 Å². The van der Waals surface area contributed by atoms with Gasteiger partial charge in [-0.15, -0.1) is 0 Å². The predicted molar refractivity (Wildman–Crippen MR) is 103 cm³/mol. The largest absolute Gasteiger partial charge is 0.508 e. The summed E-state index contributed by atoms with van der Waals surface area (Å²) in [6.07, 6.45) is 9.08. The second-order valence-electron chi connectivity index (χ2n) is 8.81. The van der Waals surface area contributed by atoms with Crippen LogP contribution < -0.4 is 5.43 Å². The lowest BCUT2D eigenvalue weighted by Gasteiger charge is -2.56. The van der Waals surface area contributed by atoms with Gasteiger partial charge in [-0.2, -0.15) is 10.2 Å². The molecule has 4 saturated carbocycles. The molecule has 4 aliphatic carbocycles. The number of aromatic nitrogens is 2. The van der Waals surface area contributed by atoms with E-state index in [2.05, 4.69) is 20.7 Å². The molecule has 2 aromatic rings. The molecule has 7 nitrogen and oxygen atoms in total. The van der Waals surface area contributed by atoms with Crippen molar-refractivity contribution >= 4 is 12.1 Å². The van der Waals surface area contributed by atoms with Crippen LogP contribution in [-0.2, 0) is 5.41 Å². The zero-order chi connectivity index (χ0) is 19.3. The van der Waals surface area contributed by atoms with Gasteiger partial charge in [0.05, 0.1) is 6.21 Å². The van der Waals surface area contributed by atoms with Crippen LogP contribution in [-0.4, -0.2) is 32.5 Å². The third kappa shape index (κ3) is 2.95. The quantitative estimate of drug-likeness (QED) is 0.482. The second kappa shape index (κ2) is 6.36. The van der Waals surface area contributed by atoms with E-state index in [9.17, 15) is 15.0 Å². The molecule has 146 valence electrons. The van der Waals surface area contributed by atoms with Crippen LogP contribution in [0.15, 0.2) is 29.4 Å². The number of hydrogen-bond acceptors (Lipinski definition) is 5. The number of nitrogens with zero attached hydrogens (tertiary/aromatic N) is 2. The van der Waals surface area contributed by atoms with Crippen molar-refractivity contribution < 1.29 is 15.0 Å². The van der Waals surface area contributed by atoms with E-state index in [-0.39, 0.29) is 22.8 Å². The number of phenols is 2. The molecule has 0 aliphatic heterocycles. The third-order valence-corrected chi connectivity index (χ3v) is 6.80. The number of hydrazone groups is 1. The number of H-pyrrole nitrogens is 1. The number of amides is 1. The predicted octanol–water partition coefficient (Wildman–Crippen LogP) is 3.05. The number of benzene rings is 1. The average molecular weight is 380 g/mol. The number of carbonyl (C=O) groups is 1. The van der Waals surface area contributed by atoms with Crippen molar-refractivity contribution in [1.29, 1.82) is 0 Å². The van der Waals surface area contributed by atoms with E-state index in [0.29, 0.717) is 11.3 Å². The highest BCUT2D eigenvalue weighted by molar-refractivity contribution is 5.93. The standard InChI is InChI=1S/C21H24N4O3/c26-16-2-1-15(18(27)6-16)11-22-25-20(28)17-7-19(24-23-17)21-8-12-3-13(9-21)5-14(4-12)10-21/h1-2,6-7,11-14,26-27H,3-5,8-10H2,(H,23,24)(H,25,28). The first kappa shape index (κ1) is 17.3. The molecule has 4 fully saturated rings. The van der Waals surface area contributed by atoms with E-state index < -0.39 is 0 Å². The number of carbonyl (C=O) groups excluding carboxylic acids is 1. The van der Waals surface area contributed by atoms with Gasteiger partial charge in [-0.3, -0.25) is 9.89 Å². The fourth-order valence-electron chi connectivity index (χ4n) is 6.01. The Bertz CT molecular complexity index is 914. The molecule has 1 heterocycles. The van der Waals surface area contributed by atoms with Gasteiger partial charge >= 0.3 is 0 Å². The van der Waals surface area contributed by atoms with Crippen molar-refractivity contribution in [2.45, 2.75) is 43.9 Å². The smallest absolute Gasteiger partial charge is 0.291 e. The van der Waals surface area contributed by atoms with E-state index >= 15 is 0 Å². The topological polar surface area (TPSA) is 111 Å². The zero-order valence-corrected chi connectivity index (χ0v) is 15.6. The molecule has 1 aromatic heterocycles. The zero-order valence-electron chi connectivity index (χ0n) is 15.6. The number of nitrogens with one attached hydrogen (secondary N) is 2. The summed E-state index contributed by atoms with van der Waals surface area (Å²) in [6, 6.07) is 6.05. The lowest BCUT2D eigenvalue weighted by Crippen LogP contribution is -2.48.